The van der Waals surface area contributed by atoms with Gasteiger partial charge in [0.05, 0.1) is 22.7 Å². The van der Waals surface area contributed by atoms with Crippen LogP contribution in [0.4, 0.5) is 5.82 Å². The molecule has 0 unspecified atom stereocenters. The SMILES string of the molecule is CCc1nc2cccc(C#Cc3cnn(C)c3)c2c(=O)n1C(=O)/C(O)=C(/O)C(O)=C(C)O.NC(=O)c1c(N)nn2cccnc12. The first-order chi connectivity index (χ1) is 21.3. The number of primary amides is 1. The molecule has 4 heterocycles. The molecule has 8 N–H and O–H groups in total. The van der Waals surface area contributed by atoms with Crippen LogP contribution in [0, 0.1) is 11.8 Å². The molecule has 1 amide bonds. The lowest BCUT2D eigenvalue weighted by Gasteiger charge is -2.12. The lowest BCUT2D eigenvalue weighted by Crippen LogP contribution is -2.33. The summed E-state index contributed by atoms with van der Waals surface area (Å²) in [6, 6.07) is 6.54. The third-order valence-electron chi connectivity index (χ3n) is 6.20. The van der Waals surface area contributed by atoms with Gasteiger partial charge in [0.15, 0.2) is 17.2 Å². The minimum Gasteiger partial charge on any atom is -0.509 e. The van der Waals surface area contributed by atoms with Crippen LogP contribution in [0.3, 0.4) is 0 Å². The van der Waals surface area contributed by atoms with Gasteiger partial charge in [0, 0.05) is 37.6 Å². The minimum absolute atomic E-state index is 0.0217. The number of rotatable bonds is 4. The number of hydrogen-bond donors (Lipinski definition) is 6. The van der Waals surface area contributed by atoms with E-state index in [0.29, 0.717) is 26.9 Å². The Kier molecular flexibility index (Phi) is 8.84. The smallest absolute Gasteiger partial charge is 0.305 e. The molecule has 0 aliphatic heterocycles. The number of aromatic nitrogens is 7. The van der Waals surface area contributed by atoms with Gasteiger partial charge in [-0.05, 0) is 25.1 Å². The Morgan fingerprint density at radius 1 is 1.04 bits per heavy atom. The maximum absolute atomic E-state index is 13.3. The fourth-order valence-electron chi connectivity index (χ4n) is 4.08. The van der Waals surface area contributed by atoms with Crippen LogP contribution in [0.2, 0.25) is 0 Å². The molecule has 0 radical (unpaired) electrons. The number of nitrogen functional groups attached to an aromatic ring is 1. The fourth-order valence-corrected chi connectivity index (χ4v) is 4.08. The molecule has 0 aliphatic rings. The van der Waals surface area contributed by atoms with Crippen molar-refractivity contribution in [1.29, 1.82) is 0 Å². The van der Waals surface area contributed by atoms with Crippen molar-refractivity contribution in [2.24, 2.45) is 12.8 Å². The Labute approximate surface area is 253 Å². The zero-order chi connectivity index (χ0) is 33.0. The number of amides is 1. The van der Waals surface area contributed by atoms with Crippen molar-refractivity contribution in [3.63, 3.8) is 0 Å². The number of aryl methyl sites for hydroxylation is 2. The second-order valence-corrected chi connectivity index (χ2v) is 9.32. The predicted octanol–water partition coefficient (Wildman–Crippen LogP) is 1.82. The van der Waals surface area contributed by atoms with Crippen LogP contribution < -0.4 is 17.0 Å². The lowest BCUT2D eigenvalue weighted by molar-refractivity contribution is 0.0873. The second kappa shape index (κ2) is 12.7. The van der Waals surface area contributed by atoms with E-state index < -0.39 is 40.4 Å². The zero-order valence-electron chi connectivity index (χ0n) is 24.1. The summed E-state index contributed by atoms with van der Waals surface area (Å²) in [7, 11) is 1.74. The standard InChI is InChI=1S/C22H20N4O6.C7H7N5O/c1-4-16-24-15-7-5-6-14(9-8-13-10-23-25(3)11-13)17(15)21(31)26(16)22(32)20(30)19(29)18(28)12(2)27;8-5-4(6(9)13)7-10-2-1-3-12(7)11-5/h5-7,10-11,27-30H,4H2,1-3H3;1-3H,(H2,8,11)(H2,9,13)/b18-12?,20-19-;. The summed E-state index contributed by atoms with van der Waals surface area (Å²) in [4.78, 5) is 45.4. The number of allylic oxidation sites excluding steroid dienone is 2. The van der Waals surface area contributed by atoms with E-state index >= 15 is 0 Å². The molecule has 1 aromatic carbocycles. The number of benzene rings is 1. The fraction of sp³-hybridized carbons (Fsp3) is 0.138. The third-order valence-corrected chi connectivity index (χ3v) is 6.20. The molecule has 5 aromatic rings. The average molecular weight is 614 g/mol. The van der Waals surface area contributed by atoms with E-state index in [4.69, 9.17) is 11.5 Å². The Bertz CT molecular complexity index is 2160. The van der Waals surface area contributed by atoms with Gasteiger partial charge in [-0.25, -0.2) is 19.1 Å². The van der Waals surface area contributed by atoms with Gasteiger partial charge in [-0.2, -0.15) is 5.10 Å². The summed E-state index contributed by atoms with van der Waals surface area (Å²) in [6.07, 6.45) is 6.59. The number of fused-ring (bicyclic) bond motifs is 2. The summed E-state index contributed by atoms with van der Waals surface area (Å²) in [6.45, 7) is 2.69. The first-order valence-corrected chi connectivity index (χ1v) is 13.1. The van der Waals surface area contributed by atoms with Gasteiger partial charge in [0.2, 0.25) is 11.5 Å². The number of aliphatic hydroxyl groups is 4. The summed E-state index contributed by atoms with van der Waals surface area (Å²) in [5.41, 5.74) is 11.6. The zero-order valence-corrected chi connectivity index (χ0v) is 24.1. The highest BCUT2D eigenvalue weighted by Crippen LogP contribution is 2.17. The van der Waals surface area contributed by atoms with Crippen LogP contribution in [-0.4, -0.2) is 66.2 Å². The van der Waals surface area contributed by atoms with Crippen LogP contribution in [-0.2, 0) is 13.5 Å². The molecular formula is C29H27N9O7. The number of aliphatic hydroxyl groups excluding tert-OH is 4. The van der Waals surface area contributed by atoms with E-state index in [-0.39, 0.29) is 29.0 Å². The van der Waals surface area contributed by atoms with Crippen molar-refractivity contribution in [1.82, 2.24) is 33.9 Å². The molecule has 0 bridgehead atoms. The molecule has 0 saturated carbocycles. The summed E-state index contributed by atoms with van der Waals surface area (Å²) < 4.78 is 3.59. The Morgan fingerprint density at radius 3 is 2.40 bits per heavy atom. The molecule has 45 heavy (non-hydrogen) atoms. The molecule has 0 spiro atoms. The second-order valence-electron chi connectivity index (χ2n) is 9.32. The number of anilines is 1. The number of nitrogens with zero attached hydrogens (tertiary/aromatic N) is 7. The topological polar surface area (TPSA) is 250 Å². The van der Waals surface area contributed by atoms with Crippen LogP contribution >= 0.6 is 0 Å². The van der Waals surface area contributed by atoms with E-state index in [0.717, 1.165) is 6.92 Å². The van der Waals surface area contributed by atoms with E-state index in [9.17, 15) is 34.8 Å². The quantitative estimate of drug-likeness (QED) is 0.0735. The van der Waals surface area contributed by atoms with Crippen molar-refractivity contribution in [3.8, 4) is 11.8 Å². The molecule has 4 aromatic heterocycles. The third kappa shape index (κ3) is 6.27. The summed E-state index contributed by atoms with van der Waals surface area (Å²) >= 11 is 0. The number of nitrogens with two attached hydrogens (primary N) is 2. The van der Waals surface area contributed by atoms with Crippen LogP contribution in [0.5, 0.6) is 0 Å². The van der Waals surface area contributed by atoms with E-state index in [2.05, 4.69) is 32.0 Å². The first-order valence-electron chi connectivity index (χ1n) is 13.1. The predicted molar refractivity (Wildman–Crippen MR) is 161 cm³/mol. The minimum atomic E-state index is -1.33. The van der Waals surface area contributed by atoms with Crippen LogP contribution in [0.25, 0.3) is 16.6 Å². The largest absolute Gasteiger partial charge is 0.509 e. The Hall–Kier alpha value is -6.63. The van der Waals surface area contributed by atoms with Gasteiger partial charge in [-0.3, -0.25) is 19.1 Å². The van der Waals surface area contributed by atoms with Crippen molar-refractivity contribution in [2.75, 3.05) is 5.73 Å². The van der Waals surface area contributed by atoms with Gasteiger partial charge in [0.1, 0.15) is 17.1 Å². The van der Waals surface area contributed by atoms with Gasteiger partial charge in [-0.1, -0.05) is 24.8 Å². The molecule has 0 saturated heterocycles. The summed E-state index contributed by atoms with van der Waals surface area (Å²) in [5.74, 6) is -0.473. The molecule has 0 fully saturated rings. The van der Waals surface area contributed by atoms with E-state index in [1.54, 1.807) is 67.7 Å². The first kappa shape index (κ1) is 31.3. The molecule has 16 nitrogen and oxygen atoms in total. The lowest BCUT2D eigenvalue weighted by atomic mass is 10.1. The monoisotopic (exact) mass is 613 g/mol. The van der Waals surface area contributed by atoms with Crippen molar-refractivity contribution in [3.05, 3.63) is 105 Å². The van der Waals surface area contributed by atoms with Crippen LogP contribution in [0.15, 0.2) is 76.9 Å². The van der Waals surface area contributed by atoms with Crippen molar-refractivity contribution in [2.45, 2.75) is 20.3 Å². The van der Waals surface area contributed by atoms with E-state index in [1.807, 2.05) is 0 Å². The van der Waals surface area contributed by atoms with Crippen molar-refractivity contribution < 1.29 is 30.0 Å². The molecule has 16 heteroatoms. The highest BCUT2D eigenvalue weighted by molar-refractivity contribution is 6.03. The highest BCUT2D eigenvalue weighted by Gasteiger charge is 2.25. The number of hydrogen-bond acceptors (Lipinski definition) is 12. The average Bonchev–Trinajstić information content (AvgIpc) is 3.59. The van der Waals surface area contributed by atoms with Gasteiger partial charge >= 0.3 is 5.91 Å². The molecule has 230 valence electrons. The maximum atomic E-state index is 13.3. The van der Waals surface area contributed by atoms with Crippen LogP contribution in [0.1, 0.15) is 46.0 Å². The van der Waals surface area contributed by atoms with Gasteiger partial charge in [-0.15, -0.1) is 5.10 Å². The van der Waals surface area contributed by atoms with Gasteiger partial charge < -0.3 is 31.9 Å². The summed E-state index contributed by atoms with van der Waals surface area (Å²) in [5, 5.41) is 46.9. The normalized spacial score (nSPS) is 12.0. The maximum Gasteiger partial charge on any atom is 0.305 e. The number of carbonyl (C=O) groups is 2. The highest BCUT2D eigenvalue weighted by atomic mass is 16.4. The molecular weight excluding hydrogens is 586 g/mol. The molecule has 0 aliphatic carbocycles. The Morgan fingerprint density at radius 2 is 1.78 bits per heavy atom. The Balaban J connectivity index is 0.000000293. The van der Waals surface area contributed by atoms with E-state index in [1.165, 1.54) is 4.52 Å². The number of carbonyl (C=O) groups excluding carboxylic acids is 2. The van der Waals surface area contributed by atoms with Crippen molar-refractivity contribution >= 4 is 34.2 Å². The van der Waals surface area contributed by atoms with Gasteiger partial charge in [0.25, 0.3) is 11.5 Å². The molecule has 5 rings (SSSR count). The molecule has 0 atom stereocenters.